The predicted molar refractivity (Wildman–Crippen MR) is 53.5 cm³/mol. The molecule has 1 aromatic carbocycles. The lowest BCUT2D eigenvalue weighted by molar-refractivity contribution is -0.384. The normalized spacial score (nSPS) is 10.4. The fourth-order valence-corrected chi connectivity index (χ4v) is 1.36. The van der Waals surface area contributed by atoms with E-state index in [0.717, 1.165) is 5.39 Å². The third-order valence-corrected chi connectivity index (χ3v) is 2.08. The molecule has 3 N–H and O–H groups in total. The Balaban J connectivity index is 2.62. The monoisotopic (exact) mass is 205 g/mol. The number of benzene rings is 1. The van der Waals surface area contributed by atoms with Gasteiger partial charge in [0.15, 0.2) is 0 Å². The quantitative estimate of drug-likeness (QED) is 0.568. The zero-order chi connectivity index (χ0) is 11.0. The molecule has 1 aromatic heterocycles. The molecule has 2 aromatic rings. The van der Waals surface area contributed by atoms with Gasteiger partial charge in [0.25, 0.3) is 11.6 Å². The van der Waals surface area contributed by atoms with Crippen LogP contribution in [0.5, 0.6) is 0 Å². The molecular weight excluding hydrogens is 198 g/mol. The number of nitro benzene ring substituents is 1. The lowest BCUT2D eigenvalue weighted by Gasteiger charge is -1.90. The van der Waals surface area contributed by atoms with E-state index in [1.54, 1.807) is 12.1 Å². The highest BCUT2D eigenvalue weighted by Crippen LogP contribution is 2.20. The number of rotatable bonds is 2. The summed E-state index contributed by atoms with van der Waals surface area (Å²) in [6.07, 6.45) is 0. The number of hydrogen-bond donors (Lipinski definition) is 2. The van der Waals surface area contributed by atoms with Crippen LogP contribution in [0.2, 0.25) is 0 Å². The number of fused-ring (bicyclic) bond motifs is 1. The van der Waals surface area contributed by atoms with Crippen LogP contribution in [0.15, 0.2) is 24.3 Å². The summed E-state index contributed by atoms with van der Waals surface area (Å²) in [6, 6.07) is 5.86. The second-order valence-electron chi connectivity index (χ2n) is 3.08. The van der Waals surface area contributed by atoms with Gasteiger partial charge in [-0.3, -0.25) is 14.9 Å². The highest BCUT2D eigenvalue weighted by atomic mass is 16.6. The summed E-state index contributed by atoms with van der Waals surface area (Å²) in [5.74, 6) is -0.589. The van der Waals surface area contributed by atoms with Crippen LogP contribution >= 0.6 is 0 Å². The first kappa shape index (κ1) is 9.20. The van der Waals surface area contributed by atoms with Crippen molar-refractivity contribution in [2.24, 2.45) is 5.73 Å². The summed E-state index contributed by atoms with van der Waals surface area (Å²) in [7, 11) is 0. The molecule has 0 unspecified atom stereocenters. The lowest BCUT2D eigenvalue weighted by Crippen LogP contribution is -2.10. The second kappa shape index (κ2) is 3.09. The number of nitrogens with one attached hydrogen (secondary N) is 1. The Bertz CT molecular complexity index is 547. The van der Waals surface area contributed by atoms with Crippen molar-refractivity contribution in [2.45, 2.75) is 0 Å². The van der Waals surface area contributed by atoms with Gasteiger partial charge in [-0.05, 0) is 12.1 Å². The molecule has 76 valence electrons. The molecule has 0 saturated heterocycles. The number of hydrogen-bond acceptors (Lipinski definition) is 3. The van der Waals surface area contributed by atoms with Crippen molar-refractivity contribution < 1.29 is 9.72 Å². The van der Waals surface area contributed by atoms with Gasteiger partial charge in [0, 0.05) is 17.5 Å². The van der Waals surface area contributed by atoms with Crippen molar-refractivity contribution in [2.75, 3.05) is 0 Å². The fraction of sp³-hybridized carbons (Fsp3) is 0. The van der Waals surface area contributed by atoms with E-state index in [2.05, 4.69) is 4.98 Å². The molecule has 0 aliphatic carbocycles. The number of primary amides is 1. The molecule has 2 rings (SSSR count). The number of carbonyl (C=O) groups excluding carboxylic acids is 1. The van der Waals surface area contributed by atoms with Gasteiger partial charge >= 0.3 is 0 Å². The van der Waals surface area contributed by atoms with Gasteiger partial charge in [-0.2, -0.15) is 0 Å². The van der Waals surface area contributed by atoms with Gasteiger partial charge in [-0.15, -0.1) is 0 Å². The summed E-state index contributed by atoms with van der Waals surface area (Å²) in [6.45, 7) is 0. The number of nitrogens with zero attached hydrogens (tertiary/aromatic N) is 1. The number of nitrogens with two attached hydrogens (primary N) is 1. The highest BCUT2D eigenvalue weighted by Gasteiger charge is 2.10. The van der Waals surface area contributed by atoms with Crippen LogP contribution in [-0.2, 0) is 0 Å². The summed E-state index contributed by atoms with van der Waals surface area (Å²) >= 11 is 0. The van der Waals surface area contributed by atoms with Crippen LogP contribution in [-0.4, -0.2) is 15.8 Å². The Labute approximate surface area is 83.8 Å². The number of carbonyl (C=O) groups is 1. The first-order valence-electron chi connectivity index (χ1n) is 4.15. The molecule has 0 radical (unpaired) electrons. The van der Waals surface area contributed by atoms with Crippen LogP contribution < -0.4 is 5.73 Å². The Morgan fingerprint density at radius 3 is 2.73 bits per heavy atom. The molecule has 1 amide bonds. The van der Waals surface area contributed by atoms with Crippen LogP contribution in [0, 0.1) is 10.1 Å². The van der Waals surface area contributed by atoms with Crippen molar-refractivity contribution in [3.05, 3.63) is 40.1 Å². The molecule has 0 aliphatic rings. The van der Waals surface area contributed by atoms with Crippen LogP contribution in [0.1, 0.15) is 10.5 Å². The van der Waals surface area contributed by atoms with E-state index in [4.69, 9.17) is 5.73 Å². The van der Waals surface area contributed by atoms with Gasteiger partial charge in [0.1, 0.15) is 5.69 Å². The van der Waals surface area contributed by atoms with Crippen molar-refractivity contribution in [1.29, 1.82) is 0 Å². The summed E-state index contributed by atoms with van der Waals surface area (Å²) in [5, 5.41) is 11.2. The van der Waals surface area contributed by atoms with E-state index in [1.165, 1.54) is 12.1 Å². The minimum atomic E-state index is -0.589. The average molecular weight is 205 g/mol. The van der Waals surface area contributed by atoms with E-state index in [0.29, 0.717) is 5.52 Å². The largest absolute Gasteiger partial charge is 0.364 e. The van der Waals surface area contributed by atoms with E-state index < -0.39 is 10.8 Å². The molecular formula is C9H7N3O3. The molecule has 0 spiro atoms. The molecule has 6 nitrogen and oxygen atoms in total. The molecule has 6 heteroatoms. The topological polar surface area (TPSA) is 102 Å². The van der Waals surface area contributed by atoms with Crippen LogP contribution in [0.4, 0.5) is 5.69 Å². The minimum Gasteiger partial charge on any atom is -0.364 e. The van der Waals surface area contributed by atoms with Crippen molar-refractivity contribution in [1.82, 2.24) is 4.98 Å². The smallest absolute Gasteiger partial charge is 0.271 e. The number of H-pyrrole nitrogens is 1. The Morgan fingerprint density at radius 1 is 1.40 bits per heavy atom. The predicted octanol–water partition coefficient (Wildman–Crippen LogP) is 1.17. The SMILES string of the molecule is NC(=O)c1cc2ccc([N+](=O)[O-])cc2[nH]1. The third kappa shape index (κ3) is 1.52. The van der Waals surface area contributed by atoms with Crippen molar-refractivity contribution in [3.63, 3.8) is 0 Å². The second-order valence-corrected chi connectivity index (χ2v) is 3.08. The van der Waals surface area contributed by atoms with E-state index in [1.807, 2.05) is 0 Å². The average Bonchev–Trinajstić information content (AvgIpc) is 2.59. The maximum Gasteiger partial charge on any atom is 0.271 e. The number of nitro groups is 1. The maximum absolute atomic E-state index is 10.8. The van der Waals surface area contributed by atoms with Gasteiger partial charge in [-0.25, -0.2) is 0 Å². The van der Waals surface area contributed by atoms with E-state index in [-0.39, 0.29) is 11.4 Å². The molecule has 0 bridgehead atoms. The van der Waals surface area contributed by atoms with Gasteiger partial charge in [0.2, 0.25) is 0 Å². The number of non-ortho nitro benzene ring substituents is 1. The molecule has 0 saturated carbocycles. The van der Waals surface area contributed by atoms with Gasteiger partial charge < -0.3 is 10.7 Å². The fourth-order valence-electron chi connectivity index (χ4n) is 1.36. The Hall–Kier alpha value is -2.37. The van der Waals surface area contributed by atoms with E-state index >= 15 is 0 Å². The van der Waals surface area contributed by atoms with E-state index in [9.17, 15) is 14.9 Å². The highest BCUT2D eigenvalue weighted by molar-refractivity contribution is 5.97. The van der Waals surface area contributed by atoms with Gasteiger partial charge in [-0.1, -0.05) is 0 Å². The zero-order valence-corrected chi connectivity index (χ0v) is 7.56. The first-order valence-corrected chi connectivity index (χ1v) is 4.15. The maximum atomic E-state index is 10.8. The number of aromatic amines is 1. The van der Waals surface area contributed by atoms with Crippen molar-refractivity contribution >= 4 is 22.5 Å². The standard InChI is InChI=1S/C9H7N3O3/c10-9(13)8-3-5-1-2-6(12(14)15)4-7(5)11-8/h1-4,11H,(H2,10,13). The molecule has 0 aliphatic heterocycles. The minimum absolute atomic E-state index is 0.0274. The van der Waals surface area contributed by atoms with Crippen LogP contribution in [0.3, 0.4) is 0 Å². The van der Waals surface area contributed by atoms with Crippen LogP contribution in [0.25, 0.3) is 10.9 Å². The summed E-state index contributed by atoms with van der Waals surface area (Å²) < 4.78 is 0. The Morgan fingerprint density at radius 2 is 2.13 bits per heavy atom. The molecule has 0 fully saturated rings. The zero-order valence-electron chi connectivity index (χ0n) is 7.56. The summed E-state index contributed by atoms with van der Waals surface area (Å²) in [5.41, 5.74) is 5.81. The number of amides is 1. The third-order valence-electron chi connectivity index (χ3n) is 2.08. The Kier molecular flexibility index (Phi) is 1.89. The van der Waals surface area contributed by atoms with Crippen molar-refractivity contribution in [3.8, 4) is 0 Å². The molecule has 15 heavy (non-hydrogen) atoms. The number of aromatic nitrogens is 1. The lowest BCUT2D eigenvalue weighted by atomic mass is 10.2. The molecule has 1 heterocycles. The van der Waals surface area contributed by atoms with Gasteiger partial charge in [0.05, 0.1) is 10.4 Å². The summed E-state index contributed by atoms with van der Waals surface area (Å²) in [4.78, 5) is 23.5. The molecule has 0 atom stereocenters. The first-order chi connectivity index (χ1) is 7.08.